The summed E-state index contributed by atoms with van der Waals surface area (Å²) in [6.07, 6.45) is 4.75. The Balaban J connectivity index is 1.70. The fourth-order valence-electron chi connectivity index (χ4n) is 5.44. The number of carbonyl (C=O) groups excluding carboxylic acids is 1. The van der Waals surface area contributed by atoms with E-state index in [9.17, 15) is 18.7 Å². The molecule has 0 radical (unpaired) electrons. The number of hydrogen-bond donors (Lipinski definition) is 3. The molecule has 1 aliphatic rings. The van der Waals surface area contributed by atoms with Gasteiger partial charge in [-0.05, 0) is 98.9 Å². The Labute approximate surface area is 248 Å². The molecule has 0 aliphatic carbocycles. The number of aliphatic hydroxyl groups is 1. The number of rotatable bonds is 17. The number of nitrogens with one attached hydrogen (secondary N) is 2. The quantitative estimate of drug-likeness (QED) is 0.250. The third-order valence-corrected chi connectivity index (χ3v) is 8.44. The first-order valence-electron chi connectivity index (χ1n) is 14.9. The minimum atomic E-state index is -0.960. The largest absolute Gasteiger partial charge is 0.390 e. The van der Waals surface area contributed by atoms with Gasteiger partial charge in [-0.3, -0.25) is 9.69 Å². The molecule has 3 rings (SSSR count). The normalized spacial score (nSPS) is 16.8. The lowest BCUT2D eigenvalue weighted by Crippen LogP contribution is -2.56. The van der Waals surface area contributed by atoms with E-state index in [4.69, 9.17) is 4.74 Å². The van der Waals surface area contributed by atoms with Crippen molar-refractivity contribution in [3.05, 3.63) is 70.8 Å². The Kier molecular flexibility index (Phi) is 14.5. The third-order valence-electron chi connectivity index (χ3n) is 7.80. The van der Waals surface area contributed by atoms with Crippen molar-refractivity contribution in [3.8, 4) is 0 Å². The van der Waals surface area contributed by atoms with Crippen LogP contribution in [-0.4, -0.2) is 79.0 Å². The van der Waals surface area contributed by atoms with Crippen molar-refractivity contribution in [1.82, 2.24) is 15.5 Å². The van der Waals surface area contributed by atoms with Crippen molar-refractivity contribution in [1.29, 1.82) is 0 Å². The van der Waals surface area contributed by atoms with E-state index >= 15 is 0 Å². The highest BCUT2D eigenvalue weighted by molar-refractivity contribution is 7.98. The molecule has 9 heteroatoms. The topological polar surface area (TPSA) is 73.8 Å². The number of aryl methyl sites for hydroxylation is 1. The van der Waals surface area contributed by atoms with Crippen molar-refractivity contribution in [2.75, 3.05) is 44.9 Å². The zero-order chi connectivity index (χ0) is 29.6. The predicted molar refractivity (Wildman–Crippen MR) is 163 cm³/mol. The third kappa shape index (κ3) is 11.3. The van der Waals surface area contributed by atoms with Crippen LogP contribution in [0.25, 0.3) is 0 Å². The number of nitrogens with zero attached hydrogens (tertiary/aromatic N) is 1. The van der Waals surface area contributed by atoms with Crippen LogP contribution in [0.5, 0.6) is 0 Å². The average molecular weight is 592 g/mol. The Hall–Kier alpha value is -2.04. The number of benzene rings is 2. The van der Waals surface area contributed by atoms with Gasteiger partial charge >= 0.3 is 0 Å². The number of hydrogen-bond acceptors (Lipinski definition) is 6. The van der Waals surface area contributed by atoms with Crippen molar-refractivity contribution in [2.45, 2.75) is 70.7 Å². The molecule has 0 saturated carbocycles. The molecule has 1 amide bonds. The van der Waals surface area contributed by atoms with E-state index in [1.807, 2.05) is 25.3 Å². The fourth-order valence-corrected chi connectivity index (χ4v) is 5.89. The van der Waals surface area contributed by atoms with Crippen LogP contribution in [-0.2, 0) is 28.9 Å². The maximum Gasteiger partial charge on any atom is 0.237 e. The highest BCUT2D eigenvalue weighted by Crippen LogP contribution is 2.22. The van der Waals surface area contributed by atoms with Gasteiger partial charge in [0.1, 0.15) is 11.6 Å². The molecule has 1 saturated heterocycles. The summed E-state index contributed by atoms with van der Waals surface area (Å²) in [5, 5.41) is 17.6. The van der Waals surface area contributed by atoms with E-state index in [1.165, 1.54) is 17.7 Å². The molecular formula is C32H47F2N3O3S. The van der Waals surface area contributed by atoms with Crippen molar-refractivity contribution in [2.24, 2.45) is 5.92 Å². The lowest BCUT2D eigenvalue weighted by atomic mass is 9.95. The molecule has 0 bridgehead atoms. The van der Waals surface area contributed by atoms with Crippen molar-refractivity contribution >= 4 is 17.7 Å². The van der Waals surface area contributed by atoms with Gasteiger partial charge in [-0.15, -0.1) is 0 Å². The van der Waals surface area contributed by atoms with Crippen molar-refractivity contribution < 1.29 is 23.4 Å². The van der Waals surface area contributed by atoms with Gasteiger partial charge in [0.15, 0.2) is 0 Å². The van der Waals surface area contributed by atoms with Gasteiger partial charge in [0, 0.05) is 32.4 Å². The molecule has 0 spiro atoms. The monoisotopic (exact) mass is 591 g/mol. The molecule has 3 atom stereocenters. The smallest absolute Gasteiger partial charge is 0.237 e. The molecule has 0 unspecified atom stereocenters. The Morgan fingerprint density at radius 1 is 1.10 bits per heavy atom. The minimum absolute atomic E-state index is 0.111. The fraction of sp³-hybridized carbons (Fsp3) is 0.594. The van der Waals surface area contributed by atoms with E-state index in [0.717, 1.165) is 56.3 Å². The summed E-state index contributed by atoms with van der Waals surface area (Å²) >= 11 is 1.70. The van der Waals surface area contributed by atoms with Crippen LogP contribution < -0.4 is 10.6 Å². The number of halogens is 2. The van der Waals surface area contributed by atoms with Crippen LogP contribution in [0.4, 0.5) is 8.78 Å². The number of ether oxygens (including phenoxy) is 1. The molecule has 2 aromatic rings. The van der Waals surface area contributed by atoms with E-state index in [0.29, 0.717) is 31.1 Å². The van der Waals surface area contributed by atoms with Crippen LogP contribution in [0.1, 0.15) is 49.8 Å². The lowest BCUT2D eigenvalue weighted by Gasteiger charge is -2.37. The molecule has 1 fully saturated rings. The Morgan fingerprint density at radius 2 is 1.80 bits per heavy atom. The second-order valence-corrected chi connectivity index (χ2v) is 11.9. The molecule has 3 N–H and O–H groups in total. The van der Waals surface area contributed by atoms with Gasteiger partial charge in [0.05, 0.1) is 18.2 Å². The van der Waals surface area contributed by atoms with Gasteiger partial charge in [0.25, 0.3) is 0 Å². The van der Waals surface area contributed by atoms with E-state index in [1.54, 1.807) is 11.8 Å². The molecule has 1 aliphatic heterocycles. The van der Waals surface area contributed by atoms with Gasteiger partial charge in [-0.25, -0.2) is 8.78 Å². The second-order valence-electron chi connectivity index (χ2n) is 10.9. The van der Waals surface area contributed by atoms with E-state index < -0.39 is 23.8 Å². The van der Waals surface area contributed by atoms with Crippen LogP contribution >= 0.6 is 11.8 Å². The maximum absolute atomic E-state index is 14.0. The molecular weight excluding hydrogens is 544 g/mol. The first-order chi connectivity index (χ1) is 19.8. The van der Waals surface area contributed by atoms with Crippen LogP contribution in [0.2, 0.25) is 0 Å². The maximum atomic E-state index is 14.0. The molecule has 2 aromatic carbocycles. The summed E-state index contributed by atoms with van der Waals surface area (Å²) in [7, 11) is 0. The molecule has 0 aromatic heterocycles. The zero-order valence-corrected chi connectivity index (χ0v) is 25.5. The standard InChI is InChI=1S/C32H47F2N3O3S/c1-4-23-7-6-8-25(15-23)20-35-21-31(38)29(18-26-16-27(33)19-28(34)17-26)36-32(39)30(11-14-41-3)37-12-9-24(10-13-37)22-40-5-2/h6-8,15-17,19,24,29-31,35,38H,4-5,9-14,18,20-22H2,1-3H3,(H,36,39)/t29-,30-,31-/m0/s1. The van der Waals surface area contributed by atoms with Crippen LogP contribution in [0, 0.1) is 17.6 Å². The second kappa shape index (κ2) is 17.8. The highest BCUT2D eigenvalue weighted by atomic mass is 32.2. The number of likely N-dealkylation sites (tertiary alicyclic amines) is 1. The summed E-state index contributed by atoms with van der Waals surface area (Å²) in [6, 6.07) is 10.5. The van der Waals surface area contributed by atoms with E-state index in [-0.39, 0.29) is 24.9 Å². The van der Waals surface area contributed by atoms with Crippen molar-refractivity contribution in [3.63, 3.8) is 0 Å². The number of thioether (sulfide) groups is 1. The minimum Gasteiger partial charge on any atom is -0.390 e. The number of amides is 1. The molecule has 228 valence electrons. The number of piperidine rings is 1. The van der Waals surface area contributed by atoms with Gasteiger partial charge in [-0.2, -0.15) is 11.8 Å². The molecule has 1 heterocycles. The van der Waals surface area contributed by atoms with Crippen LogP contribution in [0.15, 0.2) is 42.5 Å². The lowest BCUT2D eigenvalue weighted by molar-refractivity contribution is -0.128. The summed E-state index contributed by atoms with van der Waals surface area (Å²) in [5.41, 5.74) is 2.73. The Morgan fingerprint density at radius 3 is 2.46 bits per heavy atom. The average Bonchev–Trinajstić information content (AvgIpc) is 2.96. The van der Waals surface area contributed by atoms with Crippen LogP contribution in [0.3, 0.4) is 0 Å². The summed E-state index contributed by atoms with van der Waals surface area (Å²) in [6.45, 7) is 7.97. The number of carbonyl (C=O) groups is 1. The summed E-state index contributed by atoms with van der Waals surface area (Å²) < 4.78 is 33.6. The summed E-state index contributed by atoms with van der Waals surface area (Å²) in [4.78, 5) is 16.0. The number of aliphatic hydroxyl groups excluding tert-OH is 1. The SMILES string of the molecule is CCOCC1CCN([C@@H](CCSC)C(=O)N[C@@H](Cc2cc(F)cc(F)c2)[C@@H](O)CNCc2cccc(CC)c2)CC1. The van der Waals surface area contributed by atoms with Gasteiger partial charge < -0.3 is 20.5 Å². The molecule has 41 heavy (non-hydrogen) atoms. The first-order valence-corrected chi connectivity index (χ1v) is 16.2. The first kappa shape index (κ1) is 33.5. The zero-order valence-electron chi connectivity index (χ0n) is 24.7. The summed E-state index contributed by atoms with van der Waals surface area (Å²) in [5.74, 6) is -0.184. The van der Waals surface area contributed by atoms with Gasteiger partial charge in [-0.1, -0.05) is 31.2 Å². The Bertz CT molecular complexity index is 1050. The van der Waals surface area contributed by atoms with Gasteiger partial charge in [0.2, 0.25) is 5.91 Å². The highest BCUT2D eigenvalue weighted by Gasteiger charge is 2.32. The van der Waals surface area contributed by atoms with E-state index in [2.05, 4.69) is 34.6 Å². The molecule has 6 nitrogen and oxygen atoms in total. The predicted octanol–water partition coefficient (Wildman–Crippen LogP) is 4.58.